The van der Waals surface area contributed by atoms with Crippen molar-refractivity contribution in [2.75, 3.05) is 6.61 Å². The Morgan fingerprint density at radius 2 is 2.32 bits per heavy atom. The first-order valence-corrected chi connectivity index (χ1v) is 6.25. The lowest BCUT2D eigenvalue weighted by Crippen LogP contribution is -2.32. The number of ether oxygens (including phenoxy) is 1. The van der Waals surface area contributed by atoms with E-state index in [4.69, 9.17) is 11.2 Å². The zero-order valence-corrected chi connectivity index (χ0v) is 11.2. The third kappa shape index (κ3) is 4.63. The van der Waals surface area contributed by atoms with Gasteiger partial charge in [0.25, 0.3) is 5.91 Å². The third-order valence-corrected chi connectivity index (χ3v) is 2.60. The number of hydrogen-bond donors (Lipinski definition) is 1. The Morgan fingerprint density at radius 3 is 2.89 bits per heavy atom. The molecule has 0 aliphatic carbocycles. The molecule has 0 aliphatic rings. The van der Waals surface area contributed by atoms with Crippen molar-refractivity contribution in [3.8, 4) is 18.1 Å². The maximum absolute atomic E-state index is 13.6. The molecular formula is C15H18FNO2. The summed E-state index contributed by atoms with van der Waals surface area (Å²) in [6.45, 7) is 3.96. The van der Waals surface area contributed by atoms with Crippen LogP contribution >= 0.6 is 0 Å². The van der Waals surface area contributed by atoms with E-state index in [0.29, 0.717) is 0 Å². The smallest absolute Gasteiger partial charge is 0.251 e. The second-order valence-electron chi connectivity index (χ2n) is 4.30. The Hall–Kier alpha value is -2.02. The van der Waals surface area contributed by atoms with E-state index in [2.05, 4.69) is 11.2 Å². The molecule has 4 heteroatoms. The predicted octanol–water partition coefficient (Wildman–Crippen LogP) is 2.76. The van der Waals surface area contributed by atoms with Crippen LogP contribution in [-0.2, 0) is 0 Å². The van der Waals surface area contributed by atoms with Gasteiger partial charge in [0.2, 0.25) is 0 Å². The summed E-state index contributed by atoms with van der Waals surface area (Å²) in [5.41, 5.74) is 0.272. The molecule has 1 amide bonds. The van der Waals surface area contributed by atoms with E-state index in [9.17, 15) is 9.18 Å². The van der Waals surface area contributed by atoms with Crippen LogP contribution in [-0.4, -0.2) is 18.6 Å². The molecule has 1 aromatic rings. The molecule has 3 nitrogen and oxygen atoms in total. The second-order valence-corrected chi connectivity index (χ2v) is 4.30. The van der Waals surface area contributed by atoms with Crippen molar-refractivity contribution < 1.29 is 13.9 Å². The van der Waals surface area contributed by atoms with Crippen molar-refractivity contribution in [3.63, 3.8) is 0 Å². The maximum Gasteiger partial charge on any atom is 0.251 e. The lowest BCUT2D eigenvalue weighted by atomic mass is 10.1. The van der Waals surface area contributed by atoms with E-state index in [1.807, 2.05) is 13.8 Å². The summed E-state index contributed by atoms with van der Waals surface area (Å²) in [5, 5.41) is 2.81. The van der Waals surface area contributed by atoms with Gasteiger partial charge in [-0.05, 0) is 31.5 Å². The Kier molecular flexibility index (Phi) is 5.87. The quantitative estimate of drug-likeness (QED) is 0.801. The molecule has 0 bridgehead atoms. The van der Waals surface area contributed by atoms with E-state index in [1.54, 1.807) is 0 Å². The average molecular weight is 263 g/mol. The Labute approximate surface area is 113 Å². The van der Waals surface area contributed by atoms with E-state index < -0.39 is 5.82 Å². The van der Waals surface area contributed by atoms with Crippen molar-refractivity contribution >= 4 is 5.91 Å². The topological polar surface area (TPSA) is 38.3 Å². The van der Waals surface area contributed by atoms with Crippen LogP contribution in [0.1, 0.15) is 37.0 Å². The van der Waals surface area contributed by atoms with Gasteiger partial charge in [-0.25, -0.2) is 4.39 Å². The van der Waals surface area contributed by atoms with Gasteiger partial charge in [-0.1, -0.05) is 19.3 Å². The van der Waals surface area contributed by atoms with Gasteiger partial charge in [-0.3, -0.25) is 4.79 Å². The number of halogens is 1. The monoisotopic (exact) mass is 263 g/mol. The standard InChI is InChI=1S/C15H18FNO2/c1-4-6-11(3)17-15(18)12-7-8-14(13(16)10-12)19-9-5-2/h2,7-8,10-11H,4,6,9H2,1,3H3,(H,17,18). The van der Waals surface area contributed by atoms with Crippen LogP contribution in [0.25, 0.3) is 0 Å². The lowest BCUT2D eigenvalue weighted by Gasteiger charge is -2.13. The van der Waals surface area contributed by atoms with Gasteiger partial charge in [0.05, 0.1) is 0 Å². The van der Waals surface area contributed by atoms with Crippen molar-refractivity contribution in [1.29, 1.82) is 0 Å². The fourth-order valence-corrected chi connectivity index (χ4v) is 1.69. The summed E-state index contributed by atoms with van der Waals surface area (Å²) in [6.07, 6.45) is 6.89. The molecule has 0 aliphatic heterocycles. The van der Waals surface area contributed by atoms with Crippen LogP contribution in [0.3, 0.4) is 0 Å². The zero-order valence-electron chi connectivity index (χ0n) is 11.2. The molecule has 0 radical (unpaired) electrons. The summed E-state index contributed by atoms with van der Waals surface area (Å²) in [5.74, 6) is 1.42. The summed E-state index contributed by atoms with van der Waals surface area (Å²) in [4.78, 5) is 11.9. The fourth-order valence-electron chi connectivity index (χ4n) is 1.69. The first-order valence-electron chi connectivity index (χ1n) is 6.25. The molecule has 1 atom stereocenters. The van der Waals surface area contributed by atoms with Crippen LogP contribution in [0.4, 0.5) is 4.39 Å². The van der Waals surface area contributed by atoms with Gasteiger partial charge >= 0.3 is 0 Å². The Bertz CT molecular complexity index is 480. The Balaban J connectivity index is 2.72. The summed E-state index contributed by atoms with van der Waals surface area (Å²) >= 11 is 0. The summed E-state index contributed by atoms with van der Waals surface area (Å²) < 4.78 is 18.6. The number of carbonyl (C=O) groups excluding carboxylic acids is 1. The van der Waals surface area contributed by atoms with Gasteiger partial charge in [0.15, 0.2) is 11.6 Å². The number of rotatable bonds is 6. The van der Waals surface area contributed by atoms with Crippen LogP contribution in [0.2, 0.25) is 0 Å². The van der Waals surface area contributed by atoms with Crippen molar-refractivity contribution in [2.24, 2.45) is 0 Å². The first-order chi connectivity index (χ1) is 9.08. The Morgan fingerprint density at radius 1 is 1.58 bits per heavy atom. The normalized spacial score (nSPS) is 11.5. The summed E-state index contributed by atoms with van der Waals surface area (Å²) in [7, 11) is 0. The van der Waals surface area contributed by atoms with Gasteiger partial charge in [0, 0.05) is 11.6 Å². The molecule has 0 spiro atoms. The highest BCUT2D eigenvalue weighted by Gasteiger charge is 2.12. The number of carbonyl (C=O) groups is 1. The molecule has 0 fully saturated rings. The molecule has 1 N–H and O–H groups in total. The lowest BCUT2D eigenvalue weighted by molar-refractivity contribution is 0.0938. The number of amides is 1. The van der Waals surface area contributed by atoms with Gasteiger partial charge in [-0.2, -0.15) is 0 Å². The molecule has 0 saturated heterocycles. The largest absolute Gasteiger partial charge is 0.478 e. The number of hydrogen-bond acceptors (Lipinski definition) is 2. The molecule has 0 saturated carbocycles. The van der Waals surface area contributed by atoms with Gasteiger partial charge in [-0.15, -0.1) is 6.42 Å². The maximum atomic E-state index is 13.6. The fraction of sp³-hybridized carbons (Fsp3) is 0.400. The highest BCUT2D eigenvalue weighted by atomic mass is 19.1. The molecule has 0 aromatic heterocycles. The average Bonchev–Trinajstić information content (AvgIpc) is 2.37. The van der Waals surface area contributed by atoms with E-state index in [-0.39, 0.29) is 29.9 Å². The number of nitrogens with one attached hydrogen (secondary N) is 1. The predicted molar refractivity (Wildman–Crippen MR) is 72.6 cm³/mol. The minimum atomic E-state index is -0.592. The first kappa shape index (κ1) is 15.0. The van der Waals surface area contributed by atoms with Crippen LogP contribution in [0, 0.1) is 18.2 Å². The minimum absolute atomic E-state index is 0.00397. The molecular weight excluding hydrogens is 245 g/mol. The second kappa shape index (κ2) is 7.42. The van der Waals surface area contributed by atoms with Crippen LogP contribution < -0.4 is 10.1 Å². The molecule has 1 aromatic carbocycles. The molecule has 102 valence electrons. The van der Waals surface area contributed by atoms with Gasteiger partial charge in [0.1, 0.15) is 6.61 Å². The SMILES string of the molecule is C#CCOc1ccc(C(=O)NC(C)CCC)cc1F. The zero-order chi connectivity index (χ0) is 14.3. The summed E-state index contributed by atoms with van der Waals surface area (Å²) in [6, 6.07) is 4.15. The molecule has 1 rings (SSSR count). The van der Waals surface area contributed by atoms with Crippen LogP contribution in [0.15, 0.2) is 18.2 Å². The van der Waals surface area contributed by atoms with E-state index in [0.717, 1.165) is 18.9 Å². The van der Waals surface area contributed by atoms with E-state index >= 15 is 0 Å². The highest BCUT2D eigenvalue weighted by Crippen LogP contribution is 2.18. The molecule has 19 heavy (non-hydrogen) atoms. The van der Waals surface area contributed by atoms with Crippen molar-refractivity contribution in [1.82, 2.24) is 5.32 Å². The van der Waals surface area contributed by atoms with Gasteiger partial charge < -0.3 is 10.1 Å². The van der Waals surface area contributed by atoms with Crippen LogP contribution in [0.5, 0.6) is 5.75 Å². The minimum Gasteiger partial charge on any atom is -0.478 e. The van der Waals surface area contributed by atoms with Crippen molar-refractivity contribution in [2.45, 2.75) is 32.7 Å². The number of terminal acetylenes is 1. The molecule has 1 unspecified atom stereocenters. The molecule has 0 heterocycles. The number of benzene rings is 1. The third-order valence-electron chi connectivity index (χ3n) is 2.60. The van der Waals surface area contributed by atoms with Crippen molar-refractivity contribution in [3.05, 3.63) is 29.6 Å². The highest BCUT2D eigenvalue weighted by molar-refractivity contribution is 5.94. The van der Waals surface area contributed by atoms with E-state index in [1.165, 1.54) is 12.1 Å².